The molecule has 0 aromatic heterocycles. The highest BCUT2D eigenvalue weighted by molar-refractivity contribution is 6.42. The van der Waals surface area contributed by atoms with Crippen LogP contribution in [0, 0.1) is 0 Å². The highest BCUT2D eigenvalue weighted by Crippen LogP contribution is 2.38. The number of benzene rings is 1. The summed E-state index contributed by atoms with van der Waals surface area (Å²) in [6.07, 6.45) is 3.71. The molecule has 122 valence electrons. The third-order valence-electron chi connectivity index (χ3n) is 4.29. The Balaban J connectivity index is 2.06. The smallest absolute Gasteiger partial charge is 0.406 e. The Kier molecular flexibility index (Phi) is 6.36. The van der Waals surface area contributed by atoms with Crippen LogP contribution in [0.2, 0.25) is 10.0 Å². The zero-order valence-electron chi connectivity index (χ0n) is 12.8. The monoisotopic (exact) mass is 344 g/mol. The van der Waals surface area contributed by atoms with Crippen molar-refractivity contribution in [1.82, 2.24) is 10.6 Å². The van der Waals surface area contributed by atoms with Gasteiger partial charge in [-0.05, 0) is 49.9 Å². The molecule has 0 bridgehead atoms. The lowest BCUT2D eigenvalue weighted by Gasteiger charge is -2.38. The van der Waals surface area contributed by atoms with Crippen LogP contribution in [0.25, 0.3) is 0 Å². The lowest BCUT2D eigenvalue weighted by Crippen LogP contribution is -2.43. The molecule has 1 amide bonds. The van der Waals surface area contributed by atoms with E-state index in [1.54, 1.807) is 0 Å². The number of alkyl carbamates (subject to hydrolysis) is 1. The average Bonchev–Trinajstić information content (AvgIpc) is 2.54. The number of halogens is 2. The molecule has 0 unspecified atom stereocenters. The van der Waals surface area contributed by atoms with Crippen molar-refractivity contribution in [3.8, 4) is 0 Å². The predicted octanol–water partition coefficient (Wildman–Crippen LogP) is 3.75. The minimum atomic E-state index is -0.384. The molecule has 0 aliphatic carbocycles. The average molecular weight is 345 g/mol. The molecule has 0 radical (unpaired) electrons. The van der Waals surface area contributed by atoms with Crippen LogP contribution in [0.4, 0.5) is 4.79 Å². The topological polar surface area (TPSA) is 50.4 Å². The minimum Gasteiger partial charge on any atom is -0.453 e. The summed E-state index contributed by atoms with van der Waals surface area (Å²) in [6.45, 7) is 2.57. The number of carbonyl (C=O) groups excluding carboxylic acids is 1. The van der Waals surface area contributed by atoms with E-state index in [0.29, 0.717) is 16.6 Å². The Labute approximate surface area is 141 Å². The molecule has 1 aliphatic rings. The molecule has 1 heterocycles. The second-order valence-electron chi connectivity index (χ2n) is 5.71. The van der Waals surface area contributed by atoms with Crippen molar-refractivity contribution in [3.63, 3.8) is 0 Å². The summed E-state index contributed by atoms with van der Waals surface area (Å²) in [5, 5.41) is 7.39. The fourth-order valence-electron chi connectivity index (χ4n) is 3.09. The zero-order chi connectivity index (χ0) is 16.0. The van der Waals surface area contributed by atoms with Crippen molar-refractivity contribution in [2.45, 2.75) is 31.1 Å². The maximum absolute atomic E-state index is 11.1. The van der Waals surface area contributed by atoms with E-state index in [4.69, 9.17) is 23.2 Å². The summed E-state index contributed by atoms with van der Waals surface area (Å²) >= 11 is 12.2. The van der Waals surface area contributed by atoms with E-state index in [1.165, 1.54) is 12.7 Å². The van der Waals surface area contributed by atoms with Crippen LogP contribution in [0.15, 0.2) is 18.2 Å². The molecule has 2 rings (SSSR count). The van der Waals surface area contributed by atoms with E-state index in [1.807, 2.05) is 12.1 Å². The summed E-state index contributed by atoms with van der Waals surface area (Å²) in [4.78, 5) is 11.1. The Morgan fingerprint density at radius 1 is 1.41 bits per heavy atom. The maximum Gasteiger partial charge on any atom is 0.406 e. The van der Waals surface area contributed by atoms with Crippen LogP contribution < -0.4 is 10.6 Å². The number of carbonyl (C=O) groups is 1. The Morgan fingerprint density at radius 2 is 2.23 bits per heavy atom. The highest BCUT2D eigenvalue weighted by atomic mass is 35.5. The molecule has 0 saturated carbocycles. The normalized spacial score (nSPS) is 21.4. The van der Waals surface area contributed by atoms with Gasteiger partial charge in [0.25, 0.3) is 0 Å². The van der Waals surface area contributed by atoms with Crippen molar-refractivity contribution in [2.75, 3.05) is 26.7 Å². The Bertz CT molecular complexity index is 517. The van der Waals surface area contributed by atoms with Gasteiger partial charge in [0, 0.05) is 18.5 Å². The first-order chi connectivity index (χ1) is 10.6. The number of methoxy groups -OCH3 is 1. The quantitative estimate of drug-likeness (QED) is 0.799. The van der Waals surface area contributed by atoms with Gasteiger partial charge in [-0.25, -0.2) is 4.79 Å². The van der Waals surface area contributed by atoms with Gasteiger partial charge in [0.2, 0.25) is 0 Å². The fraction of sp³-hybridized carbons (Fsp3) is 0.562. The molecular weight excluding hydrogens is 323 g/mol. The molecular formula is C16H22Cl2N2O2. The van der Waals surface area contributed by atoms with E-state index in [2.05, 4.69) is 21.4 Å². The van der Waals surface area contributed by atoms with Crippen molar-refractivity contribution >= 4 is 29.3 Å². The van der Waals surface area contributed by atoms with Gasteiger partial charge in [-0.1, -0.05) is 29.3 Å². The lowest BCUT2D eigenvalue weighted by molar-refractivity contribution is 0.170. The van der Waals surface area contributed by atoms with Crippen LogP contribution in [-0.2, 0) is 10.2 Å². The van der Waals surface area contributed by atoms with Crippen molar-refractivity contribution in [1.29, 1.82) is 0 Å². The Hall–Kier alpha value is -0.970. The maximum atomic E-state index is 11.1. The number of piperidine rings is 1. The van der Waals surface area contributed by atoms with Gasteiger partial charge in [-0.3, -0.25) is 0 Å². The second-order valence-corrected chi connectivity index (χ2v) is 6.53. The fourth-order valence-corrected chi connectivity index (χ4v) is 3.39. The van der Waals surface area contributed by atoms with Gasteiger partial charge in [0.1, 0.15) is 0 Å². The van der Waals surface area contributed by atoms with Gasteiger partial charge in [0.15, 0.2) is 0 Å². The van der Waals surface area contributed by atoms with E-state index in [0.717, 1.165) is 38.8 Å². The van der Waals surface area contributed by atoms with Crippen LogP contribution >= 0.6 is 23.2 Å². The number of amides is 1. The standard InChI is InChI=1S/C16H22Cl2N2O2/c1-22-15(21)20-9-3-7-16(6-2-8-19-11-16)12-4-5-13(17)14(18)10-12/h4-5,10,19H,2-3,6-9,11H2,1H3,(H,20,21)/t16-/m1/s1. The second kappa shape index (κ2) is 8.04. The molecule has 1 aromatic carbocycles. The summed E-state index contributed by atoms with van der Waals surface area (Å²) in [5.74, 6) is 0. The molecule has 1 aromatic rings. The third-order valence-corrected chi connectivity index (χ3v) is 5.03. The largest absolute Gasteiger partial charge is 0.453 e. The van der Waals surface area contributed by atoms with E-state index < -0.39 is 0 Å². The number of hydrogen-bond donors (Lipinski definition) is 2. The Morgan fingerprint density at radius 3 is 2.86 bits per heavy atom. The first-order valence-corrected chi connectivity index (χ1v) is 8.31. The molecule has 1 saturated heterocycles. The van der Waals surface area contributed by atoms with Crippen LogP contribution in [0.1, 0.15) is 31.2 Å². The van der Waals surface area contributed by atoms with Gasteiger partial charge >= 0.3 is 6.09 Å². The molecule has 22 heavy (non-hydrogen) atoms. The number of nitrogens with one attached hydrogen (secondary N) is 2. The van der Waals surface area contributed by atoms with Crippen molar-refractivity contribution < 1.29 is 9.53 Å². The molecule has 6 heteroatoms. The third kappa shape index (κ3) is 4.28. The van der Waals surface area contributed by atoms with Gasteiger partial charge in [-0.2, -0.15) is 0 Å². The predicted molar refractivity (Wildman–Crippen MR) is 89.9 cm³/mol. The van der Waals surface area contributed by atoms with Crippen LogP contribution in [-0.4, -0.2) is 32.8 Å². The zero-order valence-corrected chi connectivity index (χ0v) is 14.3. The van der Waals surface area contributed by atoms with Crippen molar-refractivity contribution in [3.05, 3.63) is 33.8 Å². The molecule has 4 nitrogen and oxygen atoms in total. The number of hydrogen-bond acceptors (Lipinski definition) is 3. The molecule has 1 fully saturated rings. The number of ether oxygens (including phenoxy) is 1. The molecule has 0 spiro atoms. The lowest BCUT2D eigenvalue weighted by atomic mass is 9.71. The first kappa shape index (κ1) is 17.4. The van der Waals surface area contributed by atoms with Crippen molar-refractivity contribution in [2.24, 2.45) is 0 Å². The summed E-state index contributed by atoms with van der Waals surface area (Å²) < 4.78 is 4.59. The van der Waals surface area contributed by atoms with Crippen LogP contribution in [0.3, 0.4) is 0 Å². The van der Waals surface area contributed by atoms with Gasteiger partial charge in [0.05, 0.1) is 17.2 Å². The SMILES string of the molecule is COC(=O)NCCC[C@]1(c2ccc(Cl)c(Cl)c2)CCCNC1. The van der Waals surface area contributed by atoms with E-state index >= 15 is 0 Å². The van der Waals surface area contributed by atoms with Gasteiger partial charge in [-0.15, -0.1) is 0 Å². The highest BCUT2D eigenvalue weighted by Gasteiger charge is 2.33. The minimum absolute atomic E-state index is 0.0459. The summed E-state index contributed by atoms with van der Waals surface area (Å²) in [7, 11) is 1.37. The van der Waals surface area contributed by atoms with E-state index in [-0.39, 0.29) is 11.5 Å². The van der Waals surface area contributed by atoms with E-state index in [9.17, 15) is 4.79 Å². The molecule has 1 atom stereocenters. The number of rotatable bonds is 5. The summed E-state index contributed by atoms with van der Waals surface area (Å²) in [5.41, 5.74) is 1.26. The first-order valence-electron chi connectivity index (χ1n) is 7.55. The van der Waals surface area contributed by atoms with Gasteiger partial charge < -0.3 is 15.4 Å². The summed E-state index contributed by atoms with van der Waals surface area (Å²) in [6, 6.07) is 5.90. The molecule has 1 aliphatic heterocycles. The molecule has 2 N–H and O–H groups in total. The van der Waals surface area contributed by atoms with Crippen LogP contribution in [0.5, 0.6) is 0 Å².